The molecule has 2 nitrogen and oxygen atoms in total. The molecular weight excluding hydrogens is 173 g/mol. The van der Waals surface area contributed by atoms with E-state index in [9.17, 15) is 4.79 Å². The average Bonchev–Trinajstić information content (AvgIpc) is 2.08. The fraction of sp³-hybridized carbons (Fsp3) is 0.667. The minimum atomic E-state index is -0.935. The Bertz CT molecular complexity index is 124. The van der Waals surface area contributed by atoms with Gasteiger partial charge in [-0.25, -0.2) is 4.79 Å². The van der Waals surface area contributed by atoms with Crippen LogP contribution in [0.2, 0.25) is 13.0 Å². The van der Waals surface area contributed by atoms with E-state index in [0.29, 0.717) is 0 Å². The molecule has 0 aliphatic heterocycles. The van der Waals surface area contributed by atoms with Crippen molar-refractivity contribution in [3.05, 3.63) is 12.2 Å². The lowest BCUT2D eigenvalue weighted by Crippen LogP contribution is -1.92. The predicted octanol–water partition coefficient (Wildman–Crippen LogP) is 0.895. The second-order valence-corrected chi connectivity index (χ2v) is 3.15. The summed E-state index contributed by atoms with van der Waals surface area (Å²) in [6.07, 6.45) is 2.64. The molecule has 0 heterocycles. The first-order valence-electron chi connectivity index (χ1n) is 5.36. The molecule has 0 amide bonds. The molecule has 0 unspecified atom stereocenters. The summed E-state index contributed by atoms with van der Waals surface area (Å²) in [6, 6.07) is 0. The van der Waals surface area contributed by atoms with E-state index in [0.717, 1.165) is 0 Å². The van der Waals surface area contributed by atoms with Gasteiger partial charge >= 0.3 is 5.97 Å². The average molecular weight is 196 g/mol. The van der Waals surface area contributed by atoms with Crippen LogP contribution in [0.1, 0.15) is 27.2 Å². The van der Waals surface area contributed by atoms with Crippen molar-refractivity contribution < 1.29 is 9.90 Å². The highest BCUT2D eigenvalue weighted by Crippen LogP contribution is 1.81. The number of hydrogen-bond donors (Lipinski definition) is 1. The molecule has 0 aromatic heterocycles. The summed E-state index contributed by atoms with van der Waals surface area (Å²) in [5.41, 5.74) is 0.176. The van der Waals surface area contributed by atoms with Gasteiger partial charge in [-0.2, -0.15) is 0 Å². The summed E-state index contributed by atoms with van der Waals surface area (Å²) >= 11 is 0. The van der Waals surface area contributed by atoms with Crippen LogP contribution in [0.25, 0.3) is 0 Å². The Hall–Kier alpha value is -0.595. The van der Waals surface area contributed by atoms with Gasteiger partial charge in [-0.3, -0.25) is 0 Å². The van der Waals surface area contributed by atoms with Crippen molar-refractivity contribution >= 4 is 28.2 Å². The van der Waals surface area contributed by atoms with Crippen LogP contribution in [0.4, 0.5) is 0 Å². The quantitative estimate of drug-likeness (QED) is 0.537. The molecule has 0 aromatic carbocycles. The Morgan fingerprint density at radius 1 is 1.50 bits per heavy atom. The van der Waals surface area contributed by atoms with Gasteiger partial charge in [0.1, 0.15) is 7.28 Å². The molecule has 0 saturated heterocycles. The van der Waals surface area contributed by atoms with E-state index in [4.69, 9.17) is 5.11 Å². The number of aliphatic carboxylic acids is 1. The summed E-state index contributed by atoms with van der Waals surface area (Å²) in [5.74, 6) is -0.935. The Kier molecular flexibility index (Phi) is 24.8. The van der Waals surface area contributed by atoms with Gasteiger partial charge in [0.25, 0.3) is 0 Å². The molecule has 0 radical (unpaired) electrons. The van der Waals surface area contributed by atoms with Crippen LogP contribution in [0.15, 0.2) is 12.2 Å². The fourth-order valence-electron chi connectivity index (χ4n) is 0.354. The third kappa shape index (κ3) is 42.3. The highest BCUT2D eigenvalue weighted by Gasteiger charge is 1.90. The van der Waals surface area contributed by atoms with Gasteiger partial charge in [0.05, 0.1) is 14.9 Å². The topological polar surface area (TPSA) is 37.3 Å². The Labute approximate surface area is 91.0 Å². The lowest BCUT2D eigenvalue weighted by Gasteiger charge is -1.79. The molecule has 1 N–H and O–H groups in total. The van der Waals surface area contributed by atoms with Crippen molar-refractivity contribution in [2.24, 2.45) is 0 Å². The normalized spacial score (nSPS) is 6.86. The van der Waals surface area contributed by atoms with Gasteiger partial charge in [0.2, 0.25) is 0 Å². The molecule has 80 valence electrons. The summed E-state index contributed by atoms with van der Waals surface area (Å²) in [4.78, 5) is 9.60. The van der Waals surface area contributed by atoms with Gasteiger partial charge in [-0.05, 0) is 6.92 Å². The second-order valence-electron chi connectivity index (χ2n) is 3.15. The van der Waals surface area contributed by atoms with E-state index in [1.807, 2.05) is 0 Å². The molecule has 0 aromatic rings. The van der Waals surface area contributed by atoms with E-state index < -0.39 is 5.97 Å². The van der Waals surface area contributed by atoms with Crippen LogP contribution in [0.5, 0.6) is 0 Å². The predicted molar refractivity (Wildman–Crippen MR) is 71.9 cm³/mol. The highest BCUT2D eigenvalue weighted by molar-refractivity contribution is 6.93. The van der Waals surface area contributed by atoms with Crippen molar-refractivity contribution in [2.75, 3.05) is 0 Å². The van der Waals surface area contributed by atoms with Gasteiger partial charge < -0.3 is 5.11 Å². The summed E-state index contributed by atoms with van der Waals surface area (Å²) in [7, 11) is 4.90. The minimum Gasteiger partial charge on any atom is -0.478 e. The maximum Gasteiger partial charge on any atom is 0.330 e. The molecule has 0 rings (SSSR count). The number of carbonyl (C=O) groups is 1. The van der Waals surface area contributed by atoms with Gasteiger partial charge in [0, 0.05) is 5.57 Å². The SMILES string of the molecule is BBCBC.C=C(C)C(=O)O.CCC. The molecule has 14 heavy (non-hydrogen) atoms. The molecule has 0 saturated carbocycles. The monoisotopic (exact) mass is 196 g/mol. The van der Waals surface area contributed by atoms with Crippen molar-refractivity contribution in [1.29, 1.82) is 0 Å². The highest BCUT2D eigenvalue weighted by atomic mass is 16.4. The number of carboxylic acids is 1. The van der Waals surface area contributed by atoms with Gasteiger partial charge in [0.15, 0.2) is 0 Å². The van der Waals surface area contributed by atoms with E-state index in [1.54, 1.807) is 0 Å². The lowest BCUT2D eigenvalue weighted by atomic mass is 9.44. The fourth-order valence-corrected chi connectivity index (χ4v) is 0.354. The molecule has 0 bridgehead atoms. The Morgan fingerprint density at radius 3 is 1.79 bits per heavy atom. The maximum absolute atomic E-state index is 9.60. The third-order valence-corrected chi connectivity index (χ3v) is 1.07. The first-order valence-corrected chi connectivity index (χ1v) is 5.36. The van der Waals surface area contributed by atoms with Crippen LogP contribution in [-0.2, 0) is 4.79 Å². The van der Waals surface area contributed by atoms with Crippen LogP contribution in [0.3, 0.4) is 0 Å². The van der Waals surface area contributed by atoms with Crippen LogP contribution in [0, 0.1) is 0 Å². The van der Waals surface area contributed by atoms with E-state index >= 15 is 0 Å². The number of hydrogen-bond acceptors (Lipinski definition) is 1. The van der Waals surface area contributed by atoms with Crippen LogP contribution >= 0.6 is 0 Å². The van der Waals surface area contributed by atoms with Crippen molar-refractivity contribution in [3.63, 3.8) is 0 Å². The van der Waals surface area contributed by atoms with Crippen molar-refractivity contribution in [1.82, 2.24) is 0 Å². The largest absolute Gasteiger partial charge is 0.478 e. The molecule has 5 heteroatoms. The molecule has 0 spiro atoms. The standard InChI is InChI=1S/C4H6O2.C3H8.C2H9B3/c1-3(2)4(5)6;1-3-2;1-4-2-5-3/h1H2,2H3,(H,5,6);3H2,1-2H3;4-5H,2-3H2,1H3. The summed E-state index contributed by atoms with van der Waals surface area (Å²) in [5, 5.41) is 7.89. The van der Waals surface area contributed by atoms with Gasteiger partial charge in [-0.15, -0.1) is 6.22 Å². The Morgan fingerprint density at radius 2 is 1.79 bits per heavy atom. The van der Waals surface area contributed by atoms with Gasteiger partial charge in [-0.1, -0.05) is 33.7 Å². The van der Waals surface area contributed by atoms with Crippen LogP contribution in [-0.4, -0.2) is 33.3 Å². The molecule has 0 aliphatic rings. The molecule has 0 aliphatic carbocycles. The summed E-state index contributed by atoms with van der Waals surface area (Å²) in [6.45, 7) is 11.1. The first kappa shape index (κ1) is 19.1. The lowest BCUT2D eigenvalue weighted by molar-refractivity contribution is -0.132. The van der Waals surface area contributed by atoms with E-state index in [1.165, 1.54) is 34.0 Å². The summed E-state index contributed by atoms with van der Waals surface area (Å²) < 4.78 is 0. The van der Waals surface area contributed by atoms with Crippen molar-refractivity contribution in [2.45, 2.75) is 40.2 Å². The Balaban J connectivity index is -0.000000138. The molecule has 0 atom stereocenters. The van der Waals surface area contributed by atoms with E-state index in [-0.39, 0.29) is 5.57 Å². The maximum atomic E-state index is 9.60. The smallest absolute Gasteiger partial charge is 0.330 e. The zero-order valence-electron chi connectivity index (χ0n) is 10.4. The number of rotatable bonds is 3. The second kappa shape index (κ2) is 18.2. The first-order chi connectivity index (χ1) is 6.47. The zero-order chi connectivity index (χ0) is 12.0. The minimum absolute atomic E-state index is 0.176. The zero-order valence-corrected chi connectivity index (χ0v) is 10.4. The van der Waals surface area contributed by atoms with Crippen LogP contribution < -0.4 is 0 Å². The molecule has 0 fully saturated rings. The van der Waals surface area contributed by atoms with Crippen molar-refractivity contribution in [3.8, 4) is 0 Å². The van der Waals surface area contributed by atoms with E-state index in [2.05, 4.69) is 35.0 Å². The third-order valence-electron chi connectivity index (χ3n) is 1.07. The molecular formula is C9H23B3O2. The number of carboxylic acid groups (broad SMARTS) is 1.